The molecule has 0 bridgehead atoms. The van der Waals surface area contributed by atoms with Crippen LogP contribution in [0.3, 0.4) is 0 Å². The van der Waals surface area contributed by atoms with Gasteiger partial charge in [0.1, 0.15) is 10.9 Å². The zero-order chi connectivity index (χ0) is 18.2. The quantitative estimate of drug-likeness (QED) is 0.721. The van der Waals surface area contributed by atoms with Crippen molar-refractivity contribution in [1.29, 1.82) is 0 Å². The number of aliphatic imine (C=N–C) groups is 1. The smallest absolute Gasteiger partial charge is 0.320 e. The summed E-state index contributed by atoms with van der Waals surface area (Å²) in [6.45, 7) is 8.27. The minimum Gasteiger partial charge on any atom is -0.466 e. The van der Waals surface area contributed by atoms with E-state index in [1.165, 1.54) is 11.8 Å². The van der Waals surface area contributed by atoms with E-state index in [0.29, 0.717) is 13.2 Å². The van der Waals surface area contributed by atoms with Crippen molar-refractivity contribution >= 4 is 29.4 Å². The van der Waals surface area contributed by atoms with Gasteiger partial charge < -0.3 is 9.47 Å². The molecule has 136 valence electrons. The molecule has 1 saturated heterocycles. The summed E-state index contributed by atoms with van der Waals surface area (Å²) in [5.41, 5.74) is 0.346. The van der Waals surface area contributed by atoms with Crippen LogP contribution in [0.1, 0.15) is 34.1 Å². The number of carbonyl (C=O) groups is 2. The monoisotopic (exact) mass is 363 g/mol. The Kier molecular flexibility index (Phi) is 4.84. The highest BCUT2D eigenvalue weighted by Crippen LogP contribution is 2.57. The number of ether oxygens (including phenoxy) is 2. The van der Waals surface area contributed by atoms with Crippen molar-refractivity contribution < 1.29 is 19.1 Å². The van der Waals surface area contributed by atoms with E-state index in [4.69, 9.17) is 9.47 Å². The van der Waals surface area contributed by atoms with Crippen LogP contribution in [0.5, 0.6) is 0 Å². The summed E-state index contributed by atoms with van der Waals surface area (Å²) >= 11 is 1.49. The van der Waals surface area contributed by atoms with Gasteiger partial charge in [-0.25, -0.2) is 0 Å². The molecule has 4 atom stereocenters. The molecule has 0 aromatic carbocycles. The Morgan fingerprint density at radius 2 is 2.08 bits per heavy atom. The van der Waals surface area contributed by atoms with Crippen molar-refractivity contribution in [3.8, 4) is 0 Å². The second-order valence-electron chi connectivity index (χ2n) is 7.52. The van der Waals surface area contributed by atoms with E-state index in [2.05, 4.69) is 11.1 Å². The van der Waals surface area contributed by atoms with Gasteiger partial charge in [0.2, 0.25) is 0 Å². The largest absolute Gasteiger partial charge is 0.466 e. The molecule has 0 aromatic heterocycles. The highest BCUT2D eigenvalue weighted by molar-refractivity contribution is 8.03. The maximum Gasteiger partial charge on any atom is 0.320 e. The molecule has 1 fully saturated rings. The Morgan fingerprint density at radius 3 is 2.76 bits per heavy atom. The van der Waals surface area contributed by atoms with Gasteiger partial charge in [-0.15, -0.1) is 11.8 Å². The lowest BCUT2D eigenvalue weighted by Gasteiger charge is -2.37. The first-order chi connectivity index (χ1) is 11.8. The van der Waals surface area contributed by atoms with Gasteiger partial charge in [-0.1, -0.05) is 18.2 Å². The first-order valence-corrected chi connectivity index (χ1v) is 9.64. The van der Waals surface area contributed by atoms with E-state index in [9.17, 15) is 9.59 Å². The fraction of sp³-hybridized carbons (Fsp3) is 0.632. The van der Waals surface area contributed by atoms with E-state index < -0.39 is 21.5 Å². The molecule has 3 aliphatic rings. The number of thioether (sulfide) groups is 1. The number of nitrogens with zero attached hydrogens (tertiary/aromatic N) is 1. The molecular formula is C19H25NO4S. The van der Waals surface area contributed by atoms with Crippen molar-refractivity contribution in [3.05, 3.63) is 24.3 Å². The van der Waals surface area contributed by atoms with Crippen LogP contribution >= 0.6 is 11.8 Å². The summed E-state index contributed by atoms with van der Waals surface area (Å²) in [6, 6.07) is 0. The fourth-order valence-corrected chi connectivity index (χ4v) is 5.66. The molecule has 5 nitrogen and oxygen atoms in total. The first kappa shape index (κ1) is 18.2. The average molecular weight is 363 g/mol. The normalized spacial score (nSPS) is 33.3. The third-order valence-electron chi connectivity index (χ3n) is 4.66. The van der Waals surface area contributed by atoms with Crippen LogP contribution in [0.2, 0.25) is 0 Å². The molecule has 2 heterocycles. The van der Waals surface area contributed by atoms with Crippen molar-refractivity contribution in [3.63, 3.8) is 0 Å². The third kappa shape index (κ3) is 3.28. The molecule has 0 saturated carbocycles. The van der Waals surface area contributed by atoms with Crippen molar-refractivity contribution in [2.45, 2.75) is 49.7 Å². The minimum absolute atomic E-state index is 0.0113. The Balaban J connectivity index is 1.98. The molecule has 1 aliphatic carbocycles. The predicted octanol–water partition coefficient (Wildman–Crippen LogP) is 2.95. The molecule has 4 unspecified atom stereocenters. The van der Waals surface area contributed by atoms with E-state index in [1.54, 1.807) is 6.92 Å². The standard InChI is InChI=1S/C19H25NO4S/c1-5-23-16(21)14-12-9-11-20-13-8-6-7-10-19(12,13)25-15(14)17(22)24-18(2,3)4/h6-8,10,12,14-15H,5,9,11H2,1-4H3. The number of carbonyl (C=O) groups excluding carboxylic acids is 2. The third-order valence-corrected chi connectivity index (χ3v) is 6.44. The second-order valence-corrected chi connectivity index (χ2v) is 8.94. The van der Waals surface area contributed by atoms with Gasteiger partial charge in [-0.2, -0.15) is 0 Å². The van der Waals surface area contributed by atoms with Gasteiger partial charge in [-0.05, 0) is 46.1 Å². The lowest BCUT2D eigenvalue weighted by atomic mass is 9.72. The zero-order valence-electron chi connectivity index (χ0n) is 15.2. The number of hydrogen-bond acceptors (Lipinski definition) is 6. The van der Waals surface area contributed by atoms with E-state index in [0.717, 1.165) is 12.1 Å². The average Bonchev–Trinajstić information content (AvgIpc) is 2.87. The molecule has 0 radical (unpaired) electrons. The highest BCUT2D eigenvalue weighted by atomic mass is 32.2. The van der Waals surface area contributed by atoms with Crippen LogP contribution < -0.4 is 0 Å². The summed E-state index contributed by atoms with van der Waals surface area (Å²) < 4.78 is 10.5. The van der Waals surface area contributed by atoms with Crippen molar-refractivity contribution in [2.24, 2.45) is 16.8 Å². The van der Waals surface area contributed by atoms with E-state index >= 15 is 0 Å². The fourth-order valence-electron chi connectivity index (χ4n) is 3.80. The summed E-state index contributed by atoms with van der Waals surface area (Å²) in [5, 5.41) is -0.581. The molecule has 25 heavy (non-hydrogen) atoms. The second kappa shape index (κ2) is 6.63. The van der Waals surface area contributed by atoms with Crippen LogP contribution in [0, 0.1) is 11.8 Å². The summed E-state index contributed by atoms with van der Waals surface area (Å²) in [4.78, 5) is 30.2. The molecule has 6 heteroatoms. The lowest BCUT2D eigenvalue weighted by Crippen LogP contribution is -2.45. The molecule has 0 N–H and O–H groups in total. The van der Waals surface area contributed by atoms with Crippen LogP contribution in [-0.2, 0) is 19.1 Å². The van der Waals surface area contributed by atoms with Crippen LogP contribution in [0.25, 0.3) is 0 Å². The Hall–Kier alpha value is -1.56. The molecule has 2 aliphatic heterocycles. The van der Waals surface area contributed by atoms with Crippen LogP contribution in [0.4, 0.5) is 0 Å². The van der Waals surface area contributed by atoms with Crippen LogP contribution in [0.15, 0.2) is 29.3 Å². The lowest BCUT2D eigenvalue weighted by molar-refractivity contribution is -0.161. The highest BCUT2D eigenvalue weighted by Gasteiger charge is 2.61. The van der Waals surface area contributed by atoms with Gasteiger partial charge in [0.25, 0.3) is 0 Å². The van der Waals surface area contributed by atoms with Gasteiger partial charge in [0, 0.05) is 6.54 Å². The maximum absolute atomic E-state index is 12.9. The van der Waals surface area contributed by atoms with Gasteiger partial charge in [-0.3, -0.25) is 14.6 Å². The van der Waals surface area contributed by atoms with Crippen molar-refractivity contribution in [1.82, 2.24) is 0 Å². The summed E-state index contributed by atoms with van der Waals surface area (Å²) in [6.07, 6.45) is 8.75. The van der Waals surface area contributed by atoms with E-state index in [1.807, 2.05) is 39.0 Å². The molecular weight excluding hydrogens is 338 g/mol. The SMILES string of the molecule is CCOC(=O)C1C(C(=O)OC(C)(C)C)SC23C=CC=CC2=NCCC13. The Bertz CT molecular complexity index is 661. The van der Waals surface area contributed by atoms with E-state index in [-0.39, 0.29) is 17.9 Å². The number of esters is 2. The summed E-state index contributed by atoms with van der Waals surface area (Å²) in [5.74, 6) is -1.18. The number of rotatable bonds is 3. The summed E-state index contributed by atoms with van der Waals surface area (Å²) in [7, 11) is 0. The van der Waals surface area contributed by atoms with Gasteiger partial charge in [0.15, 0.2) is 0 Å². The molecule has 0 aromatic rings. The van der Waals surface area contributed by atoms with Gasteiger partial charge in [0.05, 0.1) is 23.0 Å². The maximum atomic E-state index is 12.9. The predicted molar refractivity (Wildman–Crippen MR) is 98.8 cm³/mol. The molecule has 0 amide bonds. The van der Waals surface area contributed by atoms with Crippen LogP contribution in [-0.4, -0.2) is 46.4 Å². The number of allylic oxidation sites excluding steroid dienone is 3. The Morgan fingerprint density at radius 1 is 1.32 bits per heavy atom. The Labute approximate surface area is 152 Å². The molecule has 1 spiro atoms. The van der Waals surface area contributed by atoms with Gasteiger partial charge >= 0.3 is 11.9 Å². The first-order valence-electron chi connectivity index (χ1n) is 8.76. The number of hydrogen-bond donors (Lipinski definition) is 0. The van der Waals surface area contributed by atoms with Crippen molar-refractivity contribution in [2.75, 3.05) is 13.2 Å². The topological polar surface area (TPSA) is 65.0 Å². The minimum atomic E-state index is -0.596. The zero-order valence-corrected chi connectivity index (χ0v) is 16.0. The molecule has 3 rings (SSSR count).